The molecular weight excluding hydrogens is 336 g/mol. The van der Waals surface area contributed by atoms with Crippen molar-refractivity contribution < 1.29 is 13.2 Å². The quantitative estimate of drug-likeness (QED) is 0.727. The zero-order valence-corrected chi connectivity index (χ0v) is 15.4. The molecule has 1 amide bonds. The summed E-state index contributed by atoms with van der Waals surface area (Å²) in [4.78, 5) is 14.4. The van der Waals surface area contributed by atoms with Gasteiger partial charge < -0.3 is 4.90 Å². The molecule has 0 N–H and O–H groups in total. The minimum absolute atomic E-state index is 0.0197. The fourth-order valence-corrected chi connectivity index (χ4v) is 3.20. The summed E-state index contributed by atoms with van der Waals surface area (Å²) in [6.45, 7) is 2.29. The molecule has 0 aliphatic rings. The second kappa shape index (κ2) is 8.78. The van der Waals surface area contributed by atoms with Gasteiger partial charge in [-0.25, -0.2) is 8.42 Å². The Kier molecular flexibility index (Phi) is 6.73. The van der Waals surface area contributed by atoms with Gasteiger partial charge in [-0.15, -0.1) is 0 Å². The van der Waals surface area contributed by atoms with Gasteiger partial charge in [-0.05, 0) is 18.1 Å². The number of carbonyl (C=O) groups is 1. The summed E-state index contributed by atoms with van der Waals surface area (Å²) in [5.41, 5.74) is 2.01. The first-order valence-electron chi connectivity index (χ1n) is 8.22. The highest BCUT2D eigenvalue weighted by atomic mass is 32.2. The van der Waals surface area contributed by atoms with E-state index in [2.05, 4.69) is 0 Å². The minimum Gasteiger partial charge on any atom is -0.333 e. The number of likely N-dealkylation sites (N-methyl/N-ethyl adjacent to an activating group) is 1. The summed E-state index contributed by atoms with van der Waals surface area (Å²) < 4.78 is 25.0. The van der Waals surface area contributed by atoms with Crippen molar-refractivity contribution in [2.75, 3.05) is 19.3 Å². The van der Waals surface area contributed by atoms with Crippen LogP contribution in [0.3, 0.4) is 0 Å². The van der Waals surface area contributed by atoms with Crippen LogP contribution in [0, 0.1) is 0 Å². The van der Waals surface area contributed by atoms with Crippen molar-refractivity contribution in [1.82, 2.24) is 9.21 Å². The molecule has 6 heteroatoms. The van der Waals surface area contributed by atoms with Crippen LogP contribution in [0.15, 0.2) is 60.7 Å². The lowest BCUT2D eigenvalue weighted by atomic mass is 10.1. The van der Waals surface area contributed by atoms with Crippen molar-refractivity contribution in [2.45, 2.75) is 20.0 Å². The van der Waals surface area contributed by atoms with Crippen LogP contribution in [0.1, 0.15) is 18.1 Å². The van der Waals surface area contributed by atoms with Crippen molar-refractivity contribution in [1.29, 1.82) is 0 Å². The van der Waals surface area contributed by atoms with Crippen LogP contribution < -0.4 is 0 Å². The van der Waals surface area contributed by atoms with Crippen molar-refractivity contribution in [3.05, 3.63) is 71.8 Å². The Morgan fingerprint density at radius 3 is 1.72 bits per heavy atom. The van der Waals surface area contributed by atoms with Gasteiger partial charge in [-0.1, -0.05) is 60.7 Å². The zero-order valence-electron chi connectivity index (χ0n) is 14.6. The molecule has 134 valence electrons. The zero-order chi connectivity index (χ0) is 18.3. The monoisotopic (exact) mass is 360 g/mol. The summed E-state index contributed by atoms with van der Waals surface area (Å²) >= 11 is 0. The largest absolute Gasteiger partial charge is 0.333 e. The van der Waals surface area contributed by atoms with E-state index in [0.717, 1.165) is 15.4 Å². The third-order valence-electron chi connectivity index (χ3n) is 3.98. The summed E-state index contributed by atoms with van der Waals surface area (Å²) in [6, 6.07) is 19.4. The maximum absolute atomic E-state index is 12.7. The molecule has 0 aliphatic carbocycles. The Morgan fingerprint density at radius 2 is 1.32 bits per heavy atom. The van der Waals surface area contributed by atoms with Gasteiger partial charge in [0, 0.05) is 20.1 Å². The molecule has 0 spiro atoms. The van der Waals surface area contributed by atoms with E-state index >= 15 is 0 Å². The van der Waals surface area contributed by atoms with E-state index in [1.807, 2.05) is 60.7 Å². The Hall–Kier alpha value is -2.18. The molecule has 0 fully saturated rings. The molecule has 0 atom stereocenters. The van der Waals surface area contributed by atoms with Crippen LogP contribution in [-0.4, -0.2) is 42.9 Å². The molecule has 5 nitrogen and oxygen atoms in total. The Balaban J connectivity index is 2.16. The number of carbonyl (C=O) groups excluding carboxylic acids is 1. The molecule has 0 saturated carbocycles. The summed E-state index contributed by atoms with van der Waals surface area (Å²) in [7, 11) is -1.94. The van der Waals surface area contributed by atoms with E-state index < -0.39 is 10.0 Å². The lowest BCUT2D eigenvalue weighted by Gasteiger charge is -2.25. The molecule has 25 heavy (non-hydrogen) atoms. The summed E-state index contributed by atoms with van der Waals surface area (Å²) in [6.07, 6.45) is 0. The average Bonchev–Trinajstić information content (AvgIpc) is 2.62. The van der Waals surface area contributed by atoms with E-state index in [0.29, 0.717) is 13.1 Å². The number of nitrogens with zero attached hydrogens (tertiary/aromatic N) is 2. The van der Waals surface area contributed by atoms with Gasteiger partial charge in [0.15, 0.2) is 0 Å². The molecule has 0 aliphatic heterocycles. The van der Waals surface area contributed by atoms with Crippen molar-refractivity contribution >= 4 is 15.9 Å². The van der Waals surface area contributed by atoms with E-state index in [1.165, 1.54) is 7.05 Å². The van der Waals surface area contributed by atoms with Gasteiger partial charge in [-0.2, -0.15) is 4.31 Å². The highest BCUT2D eigenvalue weighted by Gasteiger charge is 2.22. The van der Waals surface area contributed by atoms with Crippen LogP contribution in [-0.2, 0) is 27.9 Å². The van der Waals surface area contributed by atoms with Gasteiger partial charge in [-0.3, -0.25) is 4.79 Å². The van der Waals surface area contributed by atoms with Crippen LogP contribution in [0.2, 0.25) is 0 Å². The van der Waals surface area contributed by atoms with E-state index in [4.69, 9.17) is 0 Å². The van der Waals surface area contributed by atoms with E-state index in [1.54, 1.807) is 11.8 Å². The highest BCUT2D eigenvalue weighted by molar-refractivity contribution is 7.89. The molecule has 2 aromatic carbocycles. The number of rotatable bonds is 8. The molecule has 0 unspecified atom stereocenters. The lowest BCUT2D eigenvalue weighted by Crippen LogP contribution is -2.41. The third kappa shape index (κ3) is 5.69. The average molecular weight is 360 g/mol. The molecule has 2 aromatic rings. The minimum atomic E-state index is -3.39. The van der Waals surface area contributed by atoms with Crippen LogP contribution >= 0.6 is 0 Å². The van der Waals surface area contributed by atoms with E-state index in [-0.39, 0.29) is 18.2 Å². The van der Waals surface area contributed by atoms with Crippen LogP contribution in [0.4, 0.5) is 0 Å². The maximum atomic E-state index is 12.7. The predicted molar refractivity (Wildman–Crippen MR) is 99.2 cm³/mol. The van der Waals surface area contributed by atoms with Crippen molar-refractivity contribution in [3.63, 3.8) is 0 Å². The number of sulfonamides is 1. The van der Waals surface area contributed by atoms with Crippen LogP contribution in [0.25, 0.3) is 0 Å². The fourth-order valence-electron chi connectivity index (χ4n) is 2.45. The molecule has 0 bridgehead atoms. The van der Waals surface area contributed by atoms with Gasteiger partial charge in [0.1, 0.15) is 0 Å². The summed E-state index contributed by atoms with van der Waals surface area (Å²) in [5.74, 6) is -0.235. The number of benzene rings is 2. The molecule has 0 aromatic heterocycles. The molecule has 0 saturated heterocycles. The van der Waals surface area contributed by atoms with Crippen molar-refractivity contribution in [3.8, 4) is 0 Å². The third-order valence-corrected chi connectivity index (χ3v) is 5.79. The number of hydrogen-bond acceptors (Lipinski definition) is 3. The Labute approximate surface area is 149 Å². The van der Waals surface area contributed by atoms with Crippen molar-refractivity contribution in [2.24, 2.45) is 0 Å². The maximum Gasteiger partial charge on any atom is 0.238 e. The Bertz CT molecular complexity index is 735. The van der Waals surface area contributed by atoms with Gasteiger partial charge >= 0.3 is 0 Å². The molecule has 2 rings (SSSR count). The molecule has 0 radical (unpaired) electrons. The van der Waals surface area contributed by atoms with Gasteiger partial charge in [0.05, 0.1) is 12.3 Å². The second-order valence-electron chi connectivity index (χ2n) is 5.88. The van der Waals surface area contributed by atoms with E-state index in [9.17, 15) is 13.2 Å². The lowest BCUT2D eigenvalue weighted by molar-refractivity contribution is -0.132. The number of amides is 1. The van der Waals surface area contributed by atoms with Crippen LogP contribution in [0.5, 0.6) is 0 Å². The first-order chi connectivity index (χ1) is 11.9. The van der Waals surface area contributed by atoms with Gasteiger partial charge in [0.2, 0.25) is 15.9 Å². The standard InChI is InChI=1S/C19H24N2O3S/c1-3-25(23,24)20(2)16-19(22)21(14-17-10-6-4-7-11-17)15-18-12-8-5-9-13-18/h4-13H,3,14-16H2,1-2H3. The topological polar surface area (TPSA) is 57.7 Å². The SMILES string of the molecule is CCS(=O)(=O)N(C)CC(=O)N(Cc1ccccc1)Cc1ccccc1. The first-order valence-corrected chi connectivity index (χ1v) is 9.83. The second-order valence-corrected chi connectivity index (χ2v) is 8.24. The predicted octanol–water partition coefficient (Wildman–Crippen LogP) is 2.50. The molecular formula is C19H24N2O3S. The number of hydrogen-bond donors (Lipinski definition) is 0. The fraction of sp³-hybridized carbons (Fsp3) is 0.316. The summed E-state index contributed by atoms with van der Waals surface area (Å²) in [5, 5.41) is 0. The normalized spacial score (nSPS) is 11.5. The smallest absolute Gasteiger partial charge is 0.238 e. The van der Waals surface area contributed by atoms with Gasteiger partial charge in [0.25, 0.3) is 0 Å². The first kappa shape index (κ1) is 19.1. The Morgan fingerprint density at radius 1 is 0.880 bits per heavy atom. The highest BCUT2D eigenvalue weighted by Crippen LogP contribution is 2.11. The molecule has 0 heterocycles.